The van der Waals surface area contributed by atoms with Crippen molar-refractivity contribution in [2.24, 2.45) is 0 Å². The number of carbonyl (C=O) groups excluding carboxylic acids is 1. The fourth-order valence-electron chi connectivity index (χ4n) is 2.90. The average Bonchev–Trinajstić information content (AvgIpc) is 2.80. The summed E-state index contributed by atoms with van der Waals surface area (Å²) in [7, 11) is 0. The number of rotatable bonds is 6. The van der Waals surface area contributed by atoms with Gasteiger partial charge in [0.05, 0.1) is 6.10 Å². The molecule has 1 aliphatic heterocycles. The van der Waals surface area contributed by atoms with Crippen LogP contribution in [0, 0.1) is 0 Å². The molecular weight excluding hydrogens is 357 g/mol. The molecule has 4 atom stereocenters. The van der Waals surface area contributed by atoms with Crippen LogP contribution in [0.25, 0.3) is 0 Å². The Kier molecular flexibility index (Phi) is 6.45. The van der Waals surface area contributed by atoms with Gasteiger partial charge in [-0.1, -0.05) is 6.92 Å². The maximum Gasteiger partial charge on any atom is 0.351 e. The van der Waals surface area contributed by atoms with Crippen molar-refractivity contribution in [1.29, 1.82) is 0 Å². The molecule has 8 nitrogen and oxygen atoms in total. The third kappa shape index (κ3) is 4.82. The first kappa shape index (κ1) is 20.8. The predicted molar refractivity (Wildman–Crippen MR) is 103 cm³/mol. The molecule has 0 radical (unpaired) electrons. The number of carbonyl (C=O) groups is 1. The van der Waals surface area contributed by atoms with Crippen LogP contribution in [0.1, 0.15) is 32.1 Å². The lowest BCUT2D eigenvalue weighted by Crippen LogP contribution is -2.36. The minimum absolute atomic E-state index is 0.203. The Balaban J connectivity index is 2.28. The van der Waals surface area contributed by atoms with Gasteiger partial charge < -0.3 is 20.3 Å². The molecule has 146 valence electrons. The van der Waals surface area contributed by atoms with Gasteiger partial charge in [0.1, 0.15) is 18.0 Å². The van der Waals surface area contributed by atoms with Gasteiger partial charge in [0.2, 0.25) is 5.91 Å². The Bertz CT molecular complexity index is 772. The highest BCUT2D eigenvalue weighted by atomic mass is 31.2. The smallest absolute Gasteiger partial charge is 0.351 e. The summed E-state index contributed by atoms with van der Waals surface area (Å²) in [4.78, 5) is 27.5. The number of aryl methyl sites for hydroxylation is 1. The molecule has 0 bridgehead atoms. The second kappa shape index (κ2) is 8.05. The first-order valence-corrected chi connectivity index (χ1v) is 11.7. The second-order valence-corrected chi connectivity index (χ2v) is 11.7. The normalized spacial score (nSPS) is 26.1. The molecule has 0 saturated carbocycles. The van der Waals surface area contributed by atoms with E-state index in [4.69, 9.17) is 4.74 Å². The number of aliphatic hydroxyl groups is 2. The number of anilines is 1. The van der Waals surface area contributed by atoms with E-state index in [1.54, 1.807) is 0 Å². The van der Waals surface area contributed by atoms with E-state index in [0.717, 1.165) is 6.16 Å². The van der Waals surface area contributed by atoms with E-state index in [1.807, 2.05) is 6.92 Å². The van der Waals surface area contributed by atoms with Crippen LogP contribution in [-0.2, 0) is 16.0 Å². The molecule has 3 N–H and O–H groups in total. The zero-order valence-electron chi connectivity index (χ0n) is 15.7. The Morgan fingerprint density at radius 2 is 2.08 bits per heavy atom. The van der Waals surface area contributed by atoms with Crippen LogP contribution in [-0.4, -0.2) is 69.8 Å². The molecule has 2 rings (SSSR count). The molecule has 26 heavy (non-hydrogen) atoms. The minimum atomic E-state index is -1.29. The number of nitrogens with zero attached hydrogens (tertiary/aromatic N) is 2. The summed E-state index contributed by atoms with van der Waals surface area (Å²) >= 11 is 0. The van der Waals surface area contributed by atoms with E-state index in [9.17, 15) is 19.8 Å². The summed E-state index contributed by atoms with van der Waals surface area (Å²) < 4.78 is 6.98. The molecule has 0 aromatic carbocycles. The Hall–Kier alpha value is -1.47. The molecule has 2 heterocycles. The molecule has 1 saturated heterocycles. The maximum atomic E-state index is 12.4. The van der Waals surface area contributed by atoms with E-state index >= 15 is 0 Å². The van der Waals surface area contributed by atoms with Crippen LogP contribution in [0.2, 0.25) is 0 Å². The Labute approximate surface area is 153 Å². The number of hydrogen-bond acceptors (Lipinski definition) is 6. The van der Waals surface area contributed by atoms with Crippen molar-refractivity contribution in [2.75, 3.05) is 24.8 Å². The fraction of sp³-hybridized carbons (Fsp3) is 0.647. The standard InChI is InChI=1S/C17H28N3O5P/c1-6-11-9-20(17(24)19-15(11)18-10(2)21)16-14(23)13(22)12(25-16)7-8-26(3,4)5/h9,12-14,16,22-23H,3,6-8H2,1-2,4-5H3,(H,18,19,21,24)/t12-,13-,14-,16-/m1/s1. The summed E-state index contributed by atoms with van der Waals surface area (Å²) in [5, 5.41) is 23.2. The van der Waals surface area contributed by atoms with Gasteiger partial charge >= 0.3 is 5.69 Å². The minimum Gasteiger partial charge on any atom is -0.388 e. The zero-order valence-corrected chi connectivity index (χ0v) is 16.6. The van der Waals surface area contributed by atoms with Gasteiger partial charge in [-0.15, -0.1) is 13.2 Å². The van der Waals surface area contributed by atoms with Crippen molar-refractivity contribution in [3.05, 3.63) is 22.2 Å². The summed E-state index contributed by atoms with van der Waals surface area (Å²) in [6.07, 6.45) is 3.64. The highest BCUT2D eigenvalue weighted by Crippen LogP contribution is 2.39. The van der Waals surface area contributed by atoms with Crippen molar-refractivity contribution in [2.45, 2.75) is 51.2 Å². The topological polar surface area (TPSA) is 114 Å². The van der Waals surface area contributed by atoms with Crippen molar-refractivity contribution >= 4 is 24.9 Å². The predicted octanol–water partition coefficient (Wildman–Crippen LogP) is 0.483. The third-order valence-corrected chi connectivity index (χ3v) is 5.80. The molecule has 1 amide bonds. The Morgan fingerprint density at radius 3 is 2.62 bits per heavy atom. The van der Waals surface area contributed by atoms with Crippen LogP contribution in [0.3, 0.4) is 0 Å². The first-order chi connectivity index (χ1) is 12.0. The molecule has 1 aromatic heterocycles. The monoisotopic (exact) mass is 385 g/mol. The highest BCUT2D eigenvalue weighted by molar-refractivity contribution is 7.72. The quantitative estimate of drug-likeness (QED) is 0.614. The van der Waals surface area contributed by atoms with Gasteiger partial charge in [0.15, 0.2) is 6.23 Å². The number of hydrogen-bond donors (Lipinski definition) is 3. The van der Waals surface area contributed by atoms with Gasteiger partial charge in [-0.25, -0.2) is 4.79 Å². The number of amides is 1. The summed E-state index contributed by atoms with van der Waals surface area (Å²) in [6, 6.07) is 0. The molecule has 0 unspecified atom stereocenters. The zero-order chi connectivity index (χ0) is 19.6. The van der Waals surface area contributed by atoms with E-state index < -0.39 is 37.1 Å². The molecule has 1 aliphatic rings. The lowest BCUT2D eigenvalue weighted by Gasteiger charge is -2.19. The van der Waals surface area contributed by atoms with Crippen LogP contribution < -0.4 is 11.0 Å². The number of ether oxygens (including phenoxy) is 1. The first-order valence-electron chi connectivity index (χ1n) is 8.62. The molecular formula is C17H28N3O5P. The van der Waals surface area contributed by atoms with Crippen molar-refractivity contribution in [3.63, 3.8) is 0 Å². The van der Waals surface area contributed by atoms with Gasteiger partial charge in [0, 0.05) is 18.7 Å². The van der Waals surface area contributed by atoms with Gasteiger partial charge in [-0.05, 0) is 32.3 Å². The van der Waals surface area contributed by atoms with Crippen molar-refractivity contribution < 1.29 is 19.7 Å². The molecule has 9 heteroatoms. The van der Waals surface area contributed by atoms with E-state index in [1.165, 1.54) is 17.7 Å². The van der Waals surface area contributed by atoms with Gasteiger partial charge in [-0.3, -0.25) is 9.36 Å². The van der Waals surface area contributed by atoms with Crippen LogP contribution in [0.15, 0.2) is 11.0 Å². The van der Waals surface area contributed by atoms with E-state index in [2.05, 4.69) is 29.9 Å². The molecule has 0 aliphatic carbocycles. The SMILES string of the molecule is C=P(C)(C)CC[C@H]1O[C@@H](n2cc(CC)c(NC(C)=O)nc2=O)[C@H](O)[C@@H]1O. The summed E-state index contributed by atoms with van der Waals surface area (Å²) in [5.74, 6) is -0.120. The molecule has 1 fully saturated rings. The molecule has 0 spiro atoms. The highest BCUT2D eigenvalue weighted by Gasteiger charge is 2.44. The van der Waals surface area contributed by atoms with Crippen molar-refractivity contribution in [1.82, 2.24) is 9.55 Å². The largest absolute Gasteiger partial charge is 0.388 e. The molecule has 1 aromatic rings. The van der Waals surface area contributed by atoms with Gasteiger partial charge in [0.25, 0.3) is 0 Å². The third-order valence-electron chi connectivity index (χ3n) is 4.33. The summed E-state index contributed by atoms with van der Waals surface area (Å²) in [6.45, 7) is 6.08. The van der Waals surface area contributed by atoms with E-state index in [-0.39, 0.29) is 11.7 Å². The number of aliphatic hydroxyl groups excluding tert-OH is 2. The van der Waals surface area contributed by atoms with Crippen LogP contribution in [0.5, 0.6) is 0 Å². The average molecular weight is 385 g/mol. The van der Waals surface area contributed by atoms with Crippen molar-refractivity contribution in [3.8, 4) is 0 Å². The Morgan fingerprint density at radius 1 is 1.42 bits per heavy atom. The summed E-state index contributed by atoms with van der Waals surface area (Å²) in [5.41, 5.74) is -0.0220. The van der Waals surface area contributed by atoms with Crippen LogP contribution in [0.4, 0.5) is 5.82 Å². The maximum absolute atomic E-state index is 12.4. The van der Waals surface area contributed by atoms with E-state index in [0.29, 0.717) is 18.4 Å². The fourth-order valence-corrected chi connectivity index (χ4v) is 3.85. The lowest BCUT2D eigenvalue weighted by molar-refractivity contribution is -0.114. The lowest BCUT2D eigenvalue weighted by atomic mass is 10.1. The number of nitrogens with one attached hydrogen (secondary N) is 1. The number of aromatic nitrogens is 2. The van der Waals surface area contributed by atoms with Crippen LogP contribution >= 0.6 is 6.89 Å². The van der Waals surface area contributed by atoms with Gasteiger partial charge in [-0.2, -0.15) is 4.98 Å². The second-order valence-electron chi connectivity index (χ2n) is 7.33.